The van der Waals surface area contributed by atoms with Crippen molar-refractivity contribution in [3.05, 3.63) is 0 Å². The number of esters is 1. The number of halogens is 1. The zero-order valence-corrected chi connectivity index (χ0v) is 11.5. The molecule has 78 valence electrons. The van der Waals surface area contributed by atoms with E-state index in [4.69, 9.17) is 4.74 Å². The SMILES string of the molecule is CC(Br)C(=O)OCCC[Si](C)(C)C. The van der Waals surface area contributed by atoms with Gasteiger partial charge in [0.2, 0.25) is 0 Å². The topological polar surface area (TPSA) is 26.3 Å². The van der Waals surface area contributed by atoms with E-state index in [9.17, 15) is 4.79 Å². The largest absolute Gasteiger partial charge is 0.465 e. The van der Waals surface area contributed by atoms with E-state index in [0.717, 1.165) is 6.42 Å². The molecule has 13 heavy (non-hydrogen) atoms. The van der Waals surface area contributed by atoms with E-state index in [1.165, 1.54) is 6.04 Å². The minimum absolute atomic E-state index is 0.157. The van der Waals surface area contributed by atoms with Crippen LogP contribution >= 0.6 is 15.9 Å². The van der Waals surface area contributed by atoms with Gasteiger partial charge in [-0.2, -0.15) is 0 Å². The highest BCUT2D eigenvalue weighted by Gasteiger charge is 2.13. The summed E-state index contributed by atoms with van der Waals surface area (Å²) in [4.78, 5) is 10.8. The second-order valence-corrected chi connectivity index (χ2v) is 11.4. The number of hydrogen-bond acceptors (Lipinski definition) is 2. The molecule has 0 aromatic carbocycles. The van der Waals surface area contributed by atoms with Crippen molar-refractivity contribution in [2.24, 2.45) is 0 Å². The molecule has 0 saturated heterocycles. The van der Waals surface area contributed by atoms with Crippen LogP contribution in [0.5, 0.6) is 0 Å². The Morgan fingerprint density at radius 2 is 2.00 bits per heavy atom. The standard InChI is InChI=1S/C9H19BrO2Si/c1-8(10)9(11)12-6-5-7-13(2,3)4/h8H,5-7H2,1-4H3. The highest BCUT2D eigenvalue weighted by molar-refractivity contribution is 9.10. The Hall–Kier alpha value is 0.167. The molecule has 0 spiro atoms. The average Bonchev–Trinajstić information content (AvgIpc) is 1.95. The van der Waals surface area contributed by atoms with Crippen LogP contribution in [0.15, 0.2) is 0 Å². The number of ether oxygens (including phenoxy) is 1. The first-order valence-electron chi connectivity index (χ1n) is 4.63. The minimum atomic E-state index is -0.959. The van der Waals surface area contributed by atoms with Gasteiger partial charge in [0.1, 0.15) is 4.83 Å². The summed E-state index contributed by atoms with van der Waals surface area (Å²) < 4.78 is 5.04. The number of hydrogen-bond donors (Lipinski definition) is 0. The summed E-state index contributed by atoms with van der Waals surface area (Å²) in [6.07, 6.45) is 1.00. The molecule has 4 heteroatoms. The zero-order valence-electron chi connectivity index (χ0n) is 8.89. The van der Waals surface area contributed by atoms with Gasteiger partial charge in [-0.15, -0.1) is 0 Å². The molecule has 0 fully saturated rings. The molecule has 1 unspecified atom stereocenters. The fraction of sp³-hybridized carbons (Fsp3) is 0.889. The molecule has 0 aromatic rings. The van der Waals surface area contributed by atoms with Crippen LogP contribution in [0.3, 0.4) is 0 Å². The van der Waals surface area contributed by atoms with Gasteiger partial charge >= 0.3 is 5.97 Å². The summed E-state index contributed by atoms with van der Waals surface area (Å²) >= 11 is 3.17. The monoisotopic (exact) mass is 266 g/mol. The lowest BCUT2D eigenvalue weighted by Gasteiger charge is -2.15. The Balaban J connectivity index is 3.42. The Bertz CT molecular complexity index is 163. The fourth-order valence-electron chi connectivity index (χ4n) is 0.890. The number of alkyl halides is 1. The minimum Gasteiger partial charge on any atom is -0.465 e. The molecule has 2 nitrogen and oxygen atoms in total. The lowest BCUT2D eigenvalue weighted by molar-refractivity contribution is -0.142. The first-order valence-corrected chi connectivity index (χ1v) is 9.26. The van der Waals surface area contributed by atoms with Crippen molar-refractivity contribution in [1.82, 2.24) is 0 Å². The van der Waals surface area contributed by atoms with Crippen molar-refractivity contribution < 1.29 is 9.53 Å². The lowest BCUT2D eigenvalue weighted by Crippen LogP contribution is -2.21. The third-order valence-corrected chi connectivity index (χ3v) is 3.87. The third-order valence-electron chi connectivity index (χ3n) is 1.64. The van der Waals surface area contributed by atoms with Crippen LogP contribution in [0.1, 0.15) is 13.3 Å². The fourth-order valence-corrected chi connectivity index (χ4v) is 2.23. The van der Waals surface area contributed by atoms with Gasteiger partial charge in [0.25, 0.3) is 0 Å². The first kappa shape index (κ1) is 13.2. The second kappa shape index (κ2) is 5.80. The van der Waals surface area contributed by atoms with Crippen molar-refractivity contribution >= 4 is 30.0 Å². The molecule has 0 aliphatic rings. The van der Waals surface area contributed by atoms with Gasteiger partial charge in [0, 0.05) is 8.07 Å². The van der Waals surface area contributed by atoms with E-state index < -0.39 is 8.07 Å². The first-order chi connectivity index (χ1) is 5.83. The molecule has 0 bridgehead atoms. The van der Waals surface area contributed by atoms with Crippen LogP contribution in [0, 0.1) is 0 Å². The van der Waals surface area contributed by atoms with Crippen molar-refractivity contribution in [3.8, 4) is 0 Å². The second-order valence-electron chi connectivity index (χ2n) is 4.45. The smallest absolute Gasteiger partial charge is 0.319 e. The quantitative estimate of drug-likeness (QED) is 0.331. The summed E-state index contributed by atoms with van der Waals surface area (Å²) in [6.45, 7) is 9.31. The van der Waals surface area contributed by atoms with Crippen LogP contribution < -0.4 is 0 Å². The average molecular weight is 267 g/mol. The molecular weight excluding hydrogens is 248 g/mol. The van der Waals surface area contributed by atoms with Gasteiger partial charge in [-0.05, 0) is 13.3 Å². The van der Waals surface area contributed by atoms with Gasteiger partial charge in [0.05, 0.1) is 6.61 Å². The Labute approximate surface area is 90.2 Å². The van der Waals surface area contributed by atoms with Crippen LogP contribution in [0.2, 0.25) is 25.7 Å². The Kier molecular flexibility index (Phi) is 5.88. The van der Waals surface area contributed by atoms with Crippen molar-refractivity contribution in [3.63, 3.8) is 0 Å². The van der Waals surface area contributed by atoms with Crippen LogP contribution in [-0.2, 0) is 9.53 Å². The van der Waals surface area contributed by atoms with E-state index in [1.807, 2.05) is 0 Å². The van der Waals surface area contributed by atoms with E-state index >= 15 is 0 Å². The van der Waals surface area contributed by atoms with Gasteiger partial charge < -0.3 is 4.74 Å². The molecule has 0 aliphatic heterocycles. The lowest BCUT2D eigenvalue weighted by atomic mass is 10.5. The highest BCUT2D eigenvalue weighted by atomic mass is 79.9. The molecule has 0 heterocycles. The highest BCUT2D eigenvalue weighted by Crippen LogP contribution is 2.11. The predicted octanol–water partition coefficient (Wildman–Crippen LogP) is 3.04. The molecule has 0 aliphatic carbocycles. The van der Waals surface area contributed by atoms with Crippen LogP contribution in [-0.4, -0.2) is 25.5 Å². The summed E-state index contributed by atoms with van der Waals surface area (Å²) in [6, 6.07) is 1.22. The predicted molar refractivity (Wildman–Crippen MR) is 62.1 cm³/mol. The molecule has 0 N–H and O–H groups in total. The normalized spacial score (nSPS) is 13.9. The van der Waals surface area contributed by atoms with Gasteiger partial charge in [-0.3, -0.25) is 4.79 Å². The van der Waals surface area contributed by atoms with Crippen molar-refractivity contribution in [1.29, 1.82) is 0 Å². The maximum absolute atomic E-state index is 11.0. The summed E-state index contributed by atoms with van der Waals surface area (Å²) in [5, 5.41) is 0. The molecule has 0 saturated carbocycles. The molecule has 0 radical (unpaired) electrons. The van der Waals surface area contributed by atoms with Gasteiger partial charge in [-0.25, -0.2) is 0 Å². The van der Waals surface area contributed by atoms with Crippen LogP contribution in [0.4, 0.5) is 0 Å². The van der Waals surface area contributed by atoms with E-state index in [1.54, 1.807) is 6.92 Å². The summed E-state index contributed by atoms with van der Waals surface area (Å²) in [7, 11) is -0.959. The summed E-state index contributed by atoms with van der Waals surface area (Å²) in [5.41, 5.74) is 0. The maximum Gasteiger partial charge on any atom is 0.319 e. The van der Waals surface area contributed by atoms with Gasteiger partial charge in [-0.1, -0.05) is 41.6 Å². The summed E-state index contributed by atoms with van der Waals surface area (Å²) in [5.74, 6) is -0.157. The van der Waals surface area contributed by atoms with Crippen molar-refractivity contribution in [2.45, 2.75) is 43.9 Å². The molecular formula is C9H19BrO2Si. The third kappa shape index (κ3) is 8.50. The Morgan fingerprint density at radius 3 is 2.38 bits per heavy atom. The van der Waals surface area contributed by atoms with Gasteiger partial charge in [0.15, 0.2) is 0 Å². The van der Waals surface area contributed by atoms with E-state index in [0.29, 0.717) is 6.61 Å². The Morgan fingerprint density at radius 1 is 1.46 bits per heavy atom. The van der Waals surface area contributed by atoms with E-state index in [-0.39, 0.29) is 10.8 Å². The molecule has 0 rings (SSSR count). The van der Waals surface area contributed by atoms with Crippen molar-refractivity contribution in [2.75, 3.05) is 6.61 Å². The number of rotatable bonds is 5. The molecule has 0 aromatic heterocycles. The van der Waals surface area contributed by atoms with E-state index in [2.05, 4.69) is 35.6 Å². The molecule has 1 atom stereocenters. The zero-order chi connectivity index (χ0) is 10.5. The maximum atomic E-state index is 11.0. The molecule has 0 amide bonds. The number of carbonyl (C=O) groups is 1. The van der Waals surface area contributed by atoms with Crippen LogP contribution in [0.25, 0.3) is 0 Å². The number of carbonyl (C=O) groups excluding carboxylic acids is 1.